The Morgan fingerprint density at radius 3 is 2.55 bits per heavy atom. The summed E-state index contributed by atoms with van der Waals surface area (Å²) in [7, 11) is 0. The quantitative estimate of drug-likeness (QED) is 0.921. The van der Waals surface area contributed by atoms with Crippen LogP contribution in [0.15, 0.2) is 48.7 Å². The molecule has 0 aliphatic heterocycles. The van der Waals surface area contributed by atoms with Gasteiger partial charge in [0.05, 0.1) is 0 Å². The summed E-state index contributed by atoms with van der Waals surface area (Å²) in [6, 6.07) is 13.7. The molecule has 0 atom stereocenters. The summed E-state index contributed by atoms with van der Waals surface area (Å²) < 4.78 is 5.68. The van der Waals surface area contributed by atoms with Gasteiger partial charge in [0.1, 0.15) is 6.61 Å². The molecule has 0 saturated heterocycles. The van der Waals surface area contributed by atoms with Gasteiger partial charge in [-0.3, -0.25) is 4.79 Å². The van der Waals surface area contributed by atoms with E-state index < -0.39 is 0 Å². The van der Waals surface area contributed by atoms with E-state index in [1.54, 1.807) is 6.20 Å². The Kier molecular flexibility index (Phi) is 5.15. The molecule has 0 unspecified atom stereocenters. The second-order valence-electron chi connectivity index (χ2n) is 6.21. The number of nitrogens with zero attached hydrogens (tertiary/aromatic N) is 1. The molecule has 1 aromatic carbocycles. The highest BCUT2D eigenvalue weighted by Crippen LogP contribution is 2.14. The lowest BCUT2D eigenvalue weighted by Crippen LogP contribution is -2.34. The smallest absolute Gasteiger partial charge is 0.225 e. The normalized spacial score (nSPS) is 11.0. The molecule has 2 rings (SSSR count). The highest BCUT2D eigenvalue weighted by molar-refractivity contribution is 5.81. The van der Waals surface area contributed by atoms with Crippen molar-refractivity contribution in [2.24, 2.45) is 5.41 Å². The van der Waals surface area contributed by atoms with Gasteiger partial charge in [-0.2, -0.15) is 0 Å². The summed E-state index contributed by atoms with van der Waals surface area (Å²) in [6.07, 6.45) is 1.69. The third-order valence-corrected chi connectivity index (χ3v) is 3.16. The lowest BCUT2D eigenvalue weighted by Gasteiger charge is -2.17. The first kappa shape index (κ1) is 16.0. The van der Waals surface area contributed by atoms with Gasteiger partial charge in [-0.1, -0.05) is 51.1 Å². The molecule has 0 aliphatic carbocycles. The maximum Gasteiger partial charge on any atom is 0.225 e. The number of aromatic nitrogens is 1. The second-order valence-corrected chi connectivity index (χ2v) is 6.21. The van der Waals surface area contributed by atoms with E-state index in [1.165, 1.54) is 0 Å². The monoisotopic (exact) mass is 298 g/mol. The van der Waals surface area contributed by atoms with Crippen LogP contribution in [0.4, 0.5) is 0 Å². The fraction of sp³-hybridized carbons (Fsp3) is 0.333. The van der Waals surface area contributed by atoms with Gasteiger partial charge in [-0.05, 0) is 17.2 Å². The summed E-state index contributed by atoms with van der Waals surface area (Å²) in [6.45, 7) is 6.63. The first-order valence-corrected chi connectivity index (χ1v) is 7.35. The third kappa shape index (κ3) is 4.88. The zero-order chi connectivity index (χ0) is 16.0. The van der Waals surface area contributed by atoms with Gasteiger partial charge < -0.3 is 10.1 Å². The minimum absolute atomic E-state index is 0.0241. The van der Waals surface area contributed by atoms with Crippen LogP contribution >= 0.6 is 0 Å². The molecule has 0 fully saturated rings. The van der Waals surface area contributed by atoms with E-state index in [0.29, 0.717) is 19.0 Å². The number of hydrogen-bond acceptors (Lipinski definition) is 3. The number of hydrogen-bond donors (Lipinski definition) is 1. The van der Waals surface area contributed by atoms with Crippen LogP contribution in [0.5, 0.6) is 5.88 Å². The molecule has 1 amide bonds. The summed E-state index contributed by atoms with van der Waals surface area (Å²) in [5.74, 6) is 0.586. The van der Waals surface area contributed by atoms with Crippen LogP contribution in [0.3, 0.4) is 0 Å². The van der Waals surface area contributed by atoms with Gasteiger partial charge in [0, 0.05) is 24.2 Å². The molecule has 22 heavy (non-hydrogen) atoms. The van der Waals surface area contributed by atoms with Crippen molar-refractivity contribution in [2.75, 3.05) is 0 Å². The van der Waals surface area contributed by atoms with Crippen LogP contribution in [-0.4, -0.2) is 10.9 Å². The zero-order valence-corrected chi connectivity index (χ0v) is 13.3. The minimum Gasteiger partial charge on any atom is -0.473 e. The average Bonchev–Trinajstić information content (AvgIpc) is 2.51. The number of benzene rings is 1. The van der Waals surface area contributed by atoms with E-state index in [-0.39, 0.29) is 11.3 Å². The average molecular weight is 298 g/mol. The molecule has 1 aromatic heterocycles. The number of amides is 1. The molecule has 4 heteroatoms. The number of ether oxygens (including phenoxy) is 1. The summed E-state index contributed by atoms with van der Waals surface area (Å²) in [5, 5.41) is 2.92. The number of carbonyl (C=O) groups excluding carboxylic acids is 1. The van der Waals surface area contributed by atoms with Crippen LogP contribution < -0.4 is 10.1 Å². The molecular formula is C18H22N2O2. The molecule has 0 bridgehead atoms. The van der Waals surface area contributed by atoms with Crippen molar-refractivity contribution in [3.05, 3.63) is 59.8 Å². The fourth-order valence-electron chi connectivity index (χ4n) is 1.82. The van der Waals surface area contributed by atoms with Crippen molar-refractivity contribution >= 4 is 5.91 Å². The molecule has 0 saturated carbocycles. The molecular weight excluding hydrogens is 276 g/mol. The van der Waals surface area contributed by atoms with Crippen molar-refractivity contribution < 1.29 is 9.53 Å². The van der Waals surface area contributed by atoms with E-state index in [0.717, 1.165) is 11.1 Å². The Morgan fingerprint density at radius 2 is 1.86 bits per heavy atom. The molecule has 116 valence electrons. The number of nitrogens with one attached hydrogen (secondary N) is 1. The molecule has 2 aromatic rings. The lowest BCUT2D eigenvalue weighted by atomic mass is 9.95. The highest BCUT2D eigenvalue weighted by Gasteiger charge is 2.20. The van der Waals surface area contributed by atoms with E-state index in [2.05, 4.69) is 10.3 Å². The maximum absolute atomic E-state index is 11.9. The van der Waals surface area contributed by atoms with Crippen LogP contribution in [0.2, 0.25) is 0 Å². The summed E-state index contributed by atoms with van der Waals surface area (Å²) in [4.78, 5) is 16.1. The Balaban J connectivity index is 1.91. The van der Waals surface area contributed by atoms with E-state index in [1.807, 2.05) is 63.2 Å². The van der Waals surface area contributed by atoms with Gasteiger partial charge in [0.15, 0.2) is 0 Å². The van der Waals surface area contributed by atoms with E-state index in [9.17, 15) is 4.79 Å². The van der Waals surface area contributed by atoms with Gasteiger partial charge >= 0.3 is 0 Å². The molecule has 0 radical (unpaired) electrons. The predicted molar refractivity (Wildman–Crippen MR) is 86.3 cm³/mol. The third-order valence-electron chi connectivity index (χ3n) is 3.16. The van der Waals surface area contributed by atoms with Crippen LogP contribution in [-0.2, 0) is 17.9 Å². The van der Waals surface area contributed by atoms with Gasteiger partial charge in [-0.15, -0.1) is 0 Å². The topological polar surface area (TPSA) is 51.2 Å². The predicted octanol–water partition coefficient (Wildman–Crippen LogP) is 3.32. The standard InChI is InChI=1S/C18H22N2O2/c1-18(2,3)17(21)20-12-15-9-10-19-16(11-15)22-13-14-7-5-4-6-8-14/h4-11H,12-13H2,1-3H3,(H,20,21). The van der Waals surface area contributed by atoms with E-state index >= 15 is 0 Å². The lowest BCUT2D eigenvalue weighted by molar-refractivity contribution is -0.128. The first-order chi connectivity index (χ1) is 10.4. The Hall–Kier alpha value is -2.36. The first-order valence-electron chi connectivity index (χ1n) is 7.35. The molecule has 1 N–H and O–H groups in total. The SMILES string of the molecule is CC(C)(C)C(=O)NCc1ccnc(OCc2ccccc2)c1. The molecule has 1 heterocycles. The largest absolute Gasteiger partial charge is 0.473 e. The molecule has 0 aliphatic rings. The van der Waals surface area contributed by atoms with Crippen molar-refractivity contribution in [3.8, 4) is 5.88 Å². The molecule has 0 spiro atoms. The van der Waals surface area contributed by atoms with Crippen LogP contribution in [0.25, 0.3) is 0 Å². The Morgan fingerprint density at radius 1 is 1.14 bits per heavy atom. The fourth-order valence-corrected chi connectivity index (χ4v) is 1.82. The van der Waals surface area contributed by atoms with Crippen molar-refractivity contribution in [1.29, 1.82) is 0 Å². The van der Waals surface area contributed by atoms with Crippen LogP contribution in [0, 0.1) is 5.41 Å². The Bertz CT molecular complexity index is 618. The van der Waals surface area contributed by atoms with Gasteiger partial charge in [-0.25, -0.2) is 4.98 Å². The second kappa shape index (κ2) is 7.07. The maximum atomic E-state index is 11.9. The highest BCUT2D eigenvalue weighted by atomic mass is 16.5. The number of rotatable bonds is 5. The zero-order valence-electron chi connectivity index (χ0n) is 13.3. The van der Waals surface area contributed by atoms with Crippen molar-refractivity contribution in [2.45, 2.75) is 33.9 Å². The van der Waals surface area contributed by atoms with Crippen LogP contribution in [0.1, 0.15) is 31.9 Å². The van der Waals surface area contributed by atoms with Crippen molar-refractivity contribution in [3.63, 3.8) is 0 Å². The molecule has 4 nitrogen and oxygen atoms in total. The number of carbonyl (C=O) groups is 1. The summed E-state index contributed by atoms with van der Waals surface area (Å²) in [5.41, 5.74) is 1.67. The van der Waals surface area contributed by atoms with E-state index in [4.69, 9.17) is 4.74 Å². The minimum atomic E-state index is -0.389. The summed E-state index contributed by atoms with van der Waals surface area (Å²) >= 11 is 0. The Labute approximate surface area is 131 Å². The number of pyridine rings is 1. The van der Waals surface area contributed by atoms with Gasteiger partial charge in [0.25, 0.3) is 0 Å². The van der Waals surface area contributed by atoms with Crippen molar-refractivity contribution in [1.82, 2.24) is 10.3 Å². The van der Waals surface area contributed by atoms with Gasteiger partial charge in [0.2, 0.25) is 11.8 Å².